The molecule has 2 heterocycles. The van der Waals surface area contributed by atoms with E-state index in [9.17, 15) is 0 Å². The Hall–Kier alpha value is -1.82. The second kappa shape index (κ2) is 5.92. The van der Waals surface area contributed by atoms with Crippen LogP contribution in [0.15, 0.2) is 31.0 Å². The van der Waals surface area contributed by atoms with Gasteiger partial charge in [0, 0.05) is 37.9 Å². The van der Waals surface area contributed by atoms with E-state index in [2.05, 4.69) is 25.6 Å². The smallest absolute Gasteiger partial charge is 0.0724 e. The zero-order chi connectivity index (χ0) is 11.1. The van der Waals surface area contributed by atoms with Gasteiger partial charge in [-0.15, -0.1) is 5.10 Å². The summed E-state index contributed by atoms with van der Waals surface area (Å²) in [5.74, 6) is 0. The average molecular weight is 218 g/mol. The standard InChI is InChI=1S/C10H14N6/c1(6-16-7-5-14-15-16)2-11-8-10-9-12-3-4-13-10/h3-5,7,9,11H,1-2,6,8H2. The largest absolute Gasteiger partial charge is 0.311 e. The van der Waals surface area contributed by atoms with E-state index in [1.807, 2.05) is 10.9 Å². The van der Waals surface area contributed by atoms with E-state index in [1.54, 1.807) is 24.8 Å². The number of nitrogens with one attached hydrogen (secondary N) is 1. The molecule has 2 rings (SSSR count). The van der Waals surface area contributed by atoms with Crippen LogP contribution >= 0.6 is 0 Å². The molecule has 1 N–H and O–H groups in total. The van der Waals surface area contributed by atoms with Crippen LogP contribution in [0.1, 0.15) is 12.1 Å². The Bertz CT molecular complexity index is 385. The van der Waals surface area contributed by atoms with Crippen molar-refractivity contribution < 1.29 is 0 Å². The number of aryl methyl sites for hydroxylation is 1. The lowest BCUT2D eigenvalue weighted by molar-refractivity contribution is 0.528. The molecule has 0 bridgehead atoms. The fourth-order valence-corrected chi connectivity index (χ4v) is 1.36. The average Bonchev–Trinajstić information content (AvgIpc) is 2.83. The van der Waals surface area contributed by atoms with Crippen LogP contribution in [0.5, 0.6) is 0 Å². The maximum atomic E-state index is 4.17. The third-order valence-electron chi connectivity index (χ3n) is 2.14. The maximum absolute atomic E-state index is 4.17. The first-order valence-electron chi connectivity index (χ1n) is 5.25. The van der Waals surface area contributed by atoms with E-state index in [0.29, 0.717) is 0 Å². The summed E-state index contributed by atoms with van der Waals surface area (Å²) in [5, 5.41) is 10.9. The van der Waals surface area contributed by atoms with Gasteiger partial charge in [0.25, 0.3) is 0 Å². The monoisotopic (exact) mass is 218 g/mol. The van der Waals surface area contributed by atoms with Gasteiger partial charge in [-0.2, -0.15) is 0 Å². The minimum absolute atomic E-state index is 0.755. The molecule has 2 aromatic heterocycles. The predicted octanol–water partition coefficient (Wildman–Crippen LogP) is 0.248. The van der Waals surface area contributed by atoms with E-state index in [4.69, 9.17) is 0 Å². The zero-order valence-corrected chi connectivity index (χ0v) is 8.95. The molecule has 0 amide bonds. The van der Waals surface area contributed by atoms with Gasteiger partial charge in [-0.3, -0.25) is 14.6 Å². The molecule has 0 aliphatic rings. The summed E-state index contributed by atoms with van der Waals surface area (Å²) >= 11 is 0. The van der Waals surface area contributed by atoms with Crippen molar-refractivity contribution in [2.24, 2.45) is 0 Å². The van der Waals surface area contributed by atoms with E-state index >= 15 is 0 Å². The Kier molecular flexibility index (Phi) is 3.95. The van der Waals surface area contributed by atoms with Crippen molar-refractivity contribution in [2.75, 3.05) is 6.54 Å². The van der Waals surface area contributed by atoms with E-state index < -0.39 is 0 Å². The van der Waals surface area contributed by atoms with Crippen molar-refractivity contribution >= 4 is 0 Å². The Morgan fingerprint density at radius 3 is 3.00 bits per heavy atom. The Balaban J connectivity index is 1.59. The van der Waals surface area contributed by atoms with Crippen LogP contribution in [-0.2, 0) is 13.1 Å². The predicted molar refractivity (Wildman–Crippen MR) is 58.4 cm³/mol. The molecule has 0 spiro atoms. The van der Waals surface area contributed by atoms with Crippen molar-refractivity contribution in [2.45, 2.75) is 19.5 Å². The highest BCUT2D eigenvalue weighted by Crippen LogP contribution is 1.90. The molecule has 84 valence electrons. The second-order valence-electron chi connectivity index (χ2n) is 3.39. The highest BCUT2D eigenvalue weighted by Gasteiger charge is 1.94. The highest BCUT2D eigenvalue weighted by atomic mass is 15.4. The lowest BCUT2D eigenvalue weighted by atomic mass is 10.4. The normalized spacial score (nSPS) is 10.5. The lowest BCUT2D eigenvalue weighted by Crippen LogP contribution is -2.17. The minimum Gasteiger partial charge on any atom is -0.311 e. The van der Waals surface area contributed by atoms with Crippen LogP contribution in [0.4, 0.5) is 0 Å². The molecule has 0 saturated carbocycles. The number of hydrogen-bond acceptors (Lipinski definition) is 5. The highest BCUT2D eigenvalue weighted by molar-refractivity contribution is 4.93. The fourth-order valence-electron chi connectivity index (χ4n) is 1.36. The van der Waals surface area contributed by atoms with E-state index in [-0.39, 0.29) is 0 Å². The summed E-state index contributed by atoms with van der Waals surface area (Å²) in [4.78, 5) is 8.17. The molecular weight excluding hydrogens is 204 g/mol. The van der Waals surface area contributed by atoms with Crippen molar-refractivity contribution in [3.05, 3.63) is 36.7 Å². The van der Waals surface area contributed by atoms with Crippen molar-refractivity contribution in [3.63, 3.8) is 0 Å². The molecule has 16 heavy (non-hydrogen) atoms. The first kappa shape index (κ1) is 10.7. The van der Waals surface area contributed by atoms with E-state index in [0.717, 1.165) is 31.7 Å². The van der Waals surface area contributed by atoms with Gasteiger partial charge >= 0.3 is 0 Å². The van der Waals surface area contributed by atoms with Gasteiger partial charge < -0.3 is 5.32 Å². The van der Waals surface area contributed by atoms with Crippen LogP contribution < -0.4 is 5.32 Å². The van der Waals surface area contributed by atoms with Gasteiger partial charge in [-0.1, -0.05) is 5.21 Å². The molecule has 6 nitrogen and oxygen atoms in total. The van der Waals surface area contributed by atoms with Gasteiger partial charge in [0.15, 0.2) is 0 Å². The number of hydrogen-bond donors (Lipinski definition) is 1. The van der Waals surface area contributed by atoms with Crippen LogP contribution in [0.2, 0.25) is 0 Å². The summed E-state index contributed by atoms with van der Waals surface area (Å²) in [6.45, 7) is 2.56. The molecule has 0 aliphatic carbocycles. The molecule has 0 radical (unpaired) electrons. The summed E-state index contributed by atoms with van der Waals surface area (Å²) in [5.41, 5.74) is 0.961. The second-order valence-corrected chi connectivity index (χ2v) is 3.39. The molecule has 0 fully saturated rings. The summed E-state index contributed by atoms with van der Waals surface area (Å²) in [6, 6.07) is 0. The molecule has 0 aromatic carbocycles. The Morgan fingerprint density at radius 2 is 2.25 bits per heavy atom. The van der Waals surface area contributed by atoms with E-state index in [1.165, 1.54) is 0 Å². The SMILES string of the molecule is c1cnc(CNCCCn2ccnn2)cn1. The van der Waals surface area contributed by atoms with Gasteiger partial charge in [0.1, 0.15) is 0 Å². The molecule has 6 heteroatoms. The first-order chi connectivity index (χ1) is 7.95. The minimum atomic E-state index is 0.755. The third-order valence-corrected chi connectivity index (χ3v) is 2.14. The molecule has 0 unspecified atom stereocenters. The Labute approximate surface area is 93.7 Å². The summed E-state index contributed by atoms with van der Waals surface area (Å²) in [6.07, 6.45) is 9.71. The van der Waals surface area contributed by atoms with Crippen molar-refractivity contribution in [1.82, 2.24) is 30.3 Å². The summed E-state index contributed by atoms with van der Waals surface area (Å²) < 4.78 is 1.82. The van der Waals surface area contributed by atoms with Gasteiger partial charge in [-0.05, 0) is 13.0 Å². The van der Waals surface area contributed by atoms with Gasteiger partial charge in [0.2, 0.25) is 0 Å². The number of aromatic nitrogens is 5. The topological polar surface area (TPSA) is 68.5 Å². The zero-order valence-electron chi connectivity index (χ0n) is 8.95. The maximum Gasteiger partial charge on any atom is 0.0724 e. The van der Waals surface area contributed by atoms with Crippen LogP contribution in [0, 0.1) is 0 Å². The first-order valence-corrected chi connectivity index (χ1v) is 5.25. The van der Waals surface area contributed by atoms with Gasteiger partial charge in [-0.25, -0.2) is 0 Å². The third kappa shape index (κ3) is 3.39. The number of nitrogens with zero attached hydrogens (tertiary/aromatic N) is 5. The van der Waals surface area contributed by atoms with Gasteiger partial charge in [0.05, 0.1) is 11.9 Å². The Morgan fingerprint density at radius 1 is 1.25 bits per heavy atom. The number of rotatable bonds is 6. The van der Waals surface area contributed by atoms with Crippen LogP contribution in [-0.4, -0.2) is 31.5 Å². The molecule has 2 aromatic rings. The van der Waals surface area contributed by atoms with Crippen LogP contribution in [0.3, 0.4) is 0 Å². The van der Waals surface area contributed by atoms with Crippen molar-refractivity contribution in [3.8, 4) is 0 Å². The molecular formula is C10H14N6. The molecule has 0 saturated heterocycles. The quantitative estimate of drug-likeness (QED) is 0.704. The fraction of sp³-hybridized carbons (Fsp3) is 0.400. The molecule has 0 aliphatic heterocycles. The van der Waals surface area contributed by atoms with Crippen LogP contribution in [0.25, 0.3) is 0 Å². The summed E-state index contributed by atoms with van der Waals surface area (Å²) in [7, 11) is 0. The van der Waals surface area contributed by atoms with Crippen molar-refractivity contribution in [1.29, 1.82) is 0 Å². The lowest BCUT2D eigenvalue weighted by Gasteiger charge is -2.03. The molecule has 0 atom stereocenters.